The predicted octanol–water partition coefficient (Wildman–Crippen LogP) is 6.45. The molecular weight excluding hydrogens is 404 g/mol. The van der Waals surface area contributed by atoms with Gasteiger partial charge in [-0.25, -0.2) is 0 Å². The Hall–Kier alpha value is -0.380. The molecule has 33 heavy (non-hydrogen) atoms. The van der Waals surface area contributed by atoms with E-state index in [-0.39, 0.29) is 6.10 Å². The number of aliphatic hydroxyl groups is 1. The minimum Gasteiger partial charge on any atom is -0.393 e. The van der Waals surface area contributed by atoms with Crippen LogP contribution in [0.3, 0.4) is 0 Å². The Morgan fingerprint density at radius 2 is 1.76 bits per heavy atom. The SMILES string of the molecule is CC(CNCCCCCCCCN)[C@H]1CCC2C3CC=C4C[C@@H](O)CC[C@]4(C)C3CC[C@@]21C. The largest absolute Gasteiger partial charge is 0.393 e. The first-order valence-corrected chi connectivity index (χ1v) is 14.7. The number of aliphatic hydroxyl groups excluding tert-OH is 1. The van der Waals surface area contributed by atoms with Gasteiger partial charge in [-0.2, -0.15) is 0 Å². The Morgan fingerprint density at radius 3 is 2.55 bits per heavy atom. The van der Waals surface area contributed by atoms with Gasteiger partial charge in [0.15, 0.2) is 0 Å². The lowest BCUT2D eigenvalue weighted by atomic mass is 9.47. The van der Waals surface area contributed by atoms with Crippen LogP contribution in [0.5, 0.6) is 0 Å². The molecular formula is C30H54N2O. The number of rotatable bonds is 11. The van der Waals surface area contributed by atoms with Crippen molar-refractivity contribution in [1.29, 1.82) is 0 Å². The van der Waals surface area contributed by atoms with Gasteiger partial charge in [-0.15, -0.1) is 0 Å². The summed E-state index contributed by atoms with van der Waals surface area (Å²) >= 11 is 0. The zero-order valence-electron chi connectivity index (χ0n) is 22.1. The molecule has 4 unspecified atom stereocenters. The van der Waals surface area contributed by atoms with Gasteiger partial charge in [0.05, 0.1) is 6.10 Å². The second-order valence-corrected chi connectivity index (χ2v) is 13.0. The second-order valence-electron chi connectivity index (χ2n) is 13.0. The minimum atomic E-state index is -0.0879. The molecule has 4 rings (SSSR count). The fourth-order valence-corrected chi connectivity index (χ4v) is 9.19. The molecule has 0 amide bonds. The van der Waals surface area contributed by atoms with Crippen molar-refractivity contribution >= 4 is 0 Å². The molecule has 0 aromatic rings. The maximum Gasteiger partial charge on any atom is 0.0577 e. The predicted molar refractivity (Wildman–Crippen MR) is 140 cm³/mol. The molecule has 0 spiro atoms. The molecule has 0 aliphatic heterocycles. The van der Waals surface area contributed by atoms with E-state index < -0.39 is 0 Å². The van der Waals surface area contributed by atoms with Gasteiger partial charge in [-0.3, -0.25) is 0 Å². The number of unbranched alkanes of at least 4 members (excludes halogenated alkanes) is 5. The van der Waals surface area contributed by atoms with Crippen molar-refractivity contribution in [2.45, 2.75) is 117 Å². The van der Waals surface area contributed by atoms with Crippen LogP contribution in [0.2, 0.25) is 0 Å². The highest BCUT2D eigenvalue weighted by Crippen LogP contribution is 2.67. The van der Waals surface area contributed by atoms with Crippen LogP contribution >= 0.6 is 0 Å². The van der Waals surface area contributed by atoms with Crippen LogP contribution in [-0.4, -0.2) is 30.8 Å². The molecule has 3 fully saturated rings. The van der Waals surface area contributed by atoms with Crippen LogP contribution in [0, 0.1) is 40.4 Å². The van der Waals surface area contributed by atoms with Gasteiger partial charge in [0.1, 0.15) is 0 Å². The molecule has 0 radical (unpaired) electrons. The first-order chi connectivity index (χ1) is 15.9. The molecule has 0 aromatic carbocycles. The van der Waals surface area contributed by atoms with Crippen molar-refractivity contribution in [3.63, 3.8) is 0 Å². The third kappa shape index (κ3) is 5.26. The van der Waals surface area contributed by atoms with Crippen molar-refractivity contribution in [3.05, 3.63) is 11.6 Å². The van der Waals surface area contributed by atoms with Crippen LogP contribution in [0.4, 0.5) is 0 Å². The summed E-state index contributed by atoms with van der Waals surface area (Å²) in [6.07, 6.45) is 20.6. The summed E-state index contributed by atoms with van der Waals surface area (Å²) in [5, 5.41) is 14.1. The van der Waals surface area contributed by atoms with Gasteiger partial charge in [-0.1, -0.05) is 58.1 Å². The Morgan fingerprint density at radius 1 is 1.00 bits per heavy atom. The summed E-state index contributed by atoms with van der Waals surface area (Å²) in [6.45, 7) is 11.0. The summed E-state index contributed by atoms with van der Waals surface area (Å²) in [5.74, 6) is 4.34. The number of allylic oxidation sites excluding steroid dienone is 1. The molecule has 3 saturated carbocycles. The van der Waals surface area contributed by atoms with E-state index in [0.717, 1.165) is 49.0 Å². The van der Waals surface area contributed by atoms with E-state index in [4.69, 9.17) is 5.73 Å². The van der Waals surface area contributed by atoms with Crippen LogP contribution in [0.15, 0.2) is 11.6 Å². The lowest BCUT2D eigenvalue weighted by Crippen LogP contribution is -2.51. The number of hydrogen-bond donors (Lipinski definition) is 3. The monoisotopic (exact) mass is 458 g/mol. The van der Waals surface area contributed by atoms with Gasteiger partial charge in [0.25, 0.3) is 0 Å². The molecule has 3 nitrogen and oxygen atoms in total. The highest BCUT2D eigenvalue weighted by molar-refractivity contribution is 5.25. The van der Waals surface area contributed by atoms with E-state index in [2.05, 4.69) is 32.2 Å². The smallest absolute Gasteiger partial charge is 0.0577 e. The van der Waals surface area contributed by atoms with E-state index in [1.54, 1.807) is 5.57 Å². The normalized spacial score (nSPS) is 41.1. The molecule has 3 heteroatoms. The molecule has 190 valence electrons. The molecule has 0 aromatic heterocycles. The summed E-state index contributed by atoms with van der Waals surface area (Å²) < 4.78 is 0. The van der Waals surface area contributed by atoms with Gasteiger partial charge < -0.3 is 16.2 Å². The zero-order valence-corrected chi connectivity index (χ0v) is 22.1. The van der Waals surface area contributed by atoms with Crippen molar-refractivity contribution in [1.82, 2.24) is 5.32 Å². The molecule has 4 aliphatic rings. The maximum absolute atomic E-state index is 10.3. The Balaban J connectivity index is 1.27. The third-order valence-corrected chi connectivity index (χ3v) is 11.1. The minimum absolute atomic E-state index is 0.0879. The average molecular weight is 459 g/mol. The van der Waals surface area contributed by atoms with Crippen molar-refractivity contribution in [2.24, 2.45) is 46.2 Å². The van der Waals surface area contributed by atoms with E-state index in [1.807, 2.05) is 0 Å². The molecule has 8 atom stereocenters. The topological polar surface area (TPSA) is 58.3 Å². The lowest BCUT2D eigenvalue weighted by Gasteiger charge is -2.58. The first-order valence-electron chi connectivity index (χ1n) is 14.7. The van der Waals surface area contributed by atoms with Crippen molar-refractivity contribution < 1.29 is 5.11 Å². The van der Waals surface area contributed by atoms with Gasteiger partial charge >= 0.3 is 0 Å². The van der Waals surface area contributed by atoms with E-state index in [0.29, 0.717) is 10.8 Å². The van der Waals surface area contributed by atoms with Gasteiger partial charge in [-0.05, 0) is 124 Å². The van der Waals surface area contributed by atoms with Crippen LogP contribution < -0.4 is 11.1 Å². The average Bonchev–Trinajstić information content (AvgIpc) is 3.15. The van der Waals surface area contributed by atoms with Gasteiger partial charge in [0, 0.05) is 0 Å². The van der Waals surface area contributed by atoms with Crippen LogP contribution in [0.1, 0.15) is 111 Å². The van der Waals surface area contributed by atoms with E-state index >= 15 is 0 Å². The molecule has 0 saturated heterocycles. The highest BCUT2D eigenvalue weighted by atomic mass is 16.3. The number of fused-ring (bicyclic) bond motifs is 5. The van der Waals surface area contributed by atoms with E-state index in [9.17, 15) is 5.11 Å². The van der Waals surface area contributed by atoms with Crippen molar-refractivity contribution in [3.8, 4) is 0 Å². The molecule has 0 heterocycles. The zero-order chi connectivity index (χ0) is 23.5. The Bertz CT molecular complexity index is 662. The quantitative estimate of drug-likeness (QED) is 0.246. The second kappa shape index (κ2) is 11.1. The molecule has 4 aliphatic carbocycles. The van der Waals surface area contributed by atoms with E-state index in [1.165, 1.54) is 90.1 Å². The fraction of sp³-hybridized carbons (Fsp3) is 0.933. The lowest BCUT2D eigenvalue weighted by molar-refractivity contribution is -0.0565. The highest BCUT2D eigenvalue weighted by Gasteiger charge is 2.59. The third-order valence-electron chi connectivity index (χ3n) is 11.1. The summed E-state index contributed by atoms with van der Waals surface area (Å²) in [7, 11) is 0. The number of hydrogen-bond acceptors (Lipinski definition) is 3. The molecule has 0 bridgehead atoms. The van der Waals surface area contributed by atoms with Crippen molar-refractivity contribution in [2.75, 3.05) is 19.6 Å². The number of nitrogens with two attached hydrogens (primary N) is 1. The Kier molecular flexibility index (Phi) is 8.67. The van der Waals surface area contributed by atoms with Gasteiger partial charge in [0.2, 0.25) is 0 Å². The maximum atomic E-state index is 10.3. The fourth-order valence-electron chi connectivity index (χ4n) is 9.19. The summed E-state index contributed by atoms with van der Waals surface area (Å²) in [5.41, 5.74) is 8.11. The summed E-state index contributed by atoms with van der Waals surface area (Å²) in [4.78, 5) is 0. The standard InChI is InChI=1S/C30H54N2O/c1-22(21-32-19-9-7-5-4-6-8-18-31)26-12-13-27-25-11-10-23-20-24(33)14-16-29(23,2)28(25)15-17-30(26,27)3/h10,22,24-28,32-33H,4-9,11-21,31H2,1-3H3/t22?,24-,25?,26+,27?,28?,29-,30+/m0/s1. The number of nitrogens with one attached hydrogen (secondary N) is 1. The Labute approximate surface area is 204 Å². The van der Waals surface area contributed by atoms with Crippen LogP contribution in [-0.2, 0) is 0 Å². The molecule has 4 N–H and O–H groups in total. The summed E-state index contributed by atoms with van der Waals surface area (Å²) in [6, 6.07) is 0. The van der Waals surface area contributed by atoms with Crippen LogP contribution in [0.25, 0.3) is 0 Å². The first kappa shape index (κ1) is 25.7.